The van der Waals surface area contributed by atoms with Crippen LogP contribution in [0.2, 0.25) is 10.0 Å². The van der Waals surface area contributed by atoms with Gasteiger partial charge in [0.25, 0.3) is 0 Å². The lowest BCUT2D eigenvalue weighted by Crippen LogP contribution is -2.48. The van der Waals surface area contributed by atoms with Gasteiger partial charge < -0.3 is 19.9 Å². The van der Waals surface area contributed by atoms with Crippen LogP contribution in [0.4, 0.5) is 0 Å². The summed E-state index contributed by atoms with van der Waals surface area (Å²) >= 11 is 12.0. The van der Waals surface area contributed by atoms with Crippen LogP contribution in [-0.2, 0) is 4.74 Å². The molecule has 1 atom stereocenters. The number of nitrogens with one attached hydrogen (secondary N) is 1. The molecule has 0 bridgehead atoms. The molecule has 4 nitrogen and oxygen atoms in total. The Balaban J connectivity index is 1.69. The summed E-state index contributed by atoms with van der Waals surface area (Å²) in [5.41, 5.74) is 0. The van der Waals surface area contributed by atoms with E-state index in [4.69, 9.17) is 32.7 Å². The standard InChI is InChI=1S/C14H19Cl2NO3/c1-19-11-5-9(6-11)17-7-10(18)8-20-14-12(15)3-2-4-13(14)16/h2-4,9-11,17-18H,5-8H2,1H3. The third-order valence-electron chi connectivity index (χ3n) is 3.41. The van der Waals surface area contributed by atoms with Crippen LogP contribution in [0.25, 0.3) is 0 Å². The van der Waals surface area contributed by atoms with E-state index in [-0.39, 0.29) is 6.61 Å². The van der Waals surface area contributed by atoms with Crippen LogP contribution >= 0.6 is 23.2 Å². The molecular weight excluding hydrogens is 301 g/mol. The van der Waals surface area contributed by atoms with E-state index in [2.05, 4.69) is 5.32 Å². The first-order valence-corrected chi connectivity index (χ1v) is 7.36. The SMILES string of the molecule is COC1CC(NCC(O)COc2c(Cl)cccc2Cl)C1. The minimum atomic E-state index is -0.607. The molecule has 112 valence electrons. The zero-order chi connectivity index (χ0) is 14.5. The van der Waals surface area contributed by atoms with E-state index in [0.717, 1.165) is 12.8 Å². The lowest BCUT2D eigenvalue weighted by Gasteiger charge is -2.35. The van der Waals surface area contributed by atoms with Crippen LogP contribution in [0.15, 0.2) is 18.2 Å². The molecule has 1 aliphatic rings. The van der Waals surface area contributed by atoms with Crippen molar-refractivity contribution < 1.29 is 14.6 Å². The molecule has 0 aliphatic heterocycles. The molecule has 2 rings (SSSR count). The number of benzene rings is 1. The highest BCUT2D eigenvalue weighted by molar-refractivity contribution is 6.37. The maximum absolute atomic E-state index is 9.88. The molecule has 0 aromatic heterocycles. The number of para-hydroxylation sites is 1. The quantitative estimate of drug-likeness (QED) is 0.810. The summed E-state index contributed by atoms with van der Waals surface area (Å²) in [6, 6.07) is 5.57. The molecule has 0 amide bonds. The summed E-state index contributed by atoms with van der Waals surface area (Å²) in [5.74, 6) is 0.415. The molecule has 1 saturated carbocycles. The Labute approximate surface area is 129 Å². The lowest BCUT2D eigenvalue weighted by atomic mass is 9.89. The number of hydrogen-bond acceptors (Lipinski definition) is 4. The van der Waals surface area contributed by atoms with Crippen molar-refractivity contribution >= 4 is 23.2 Å². The van der Waals surface area contributed by atoms with Crippen molar-refractivity contribution in [1.29, 1.82) is 0 Å². The van der Waals surface area contributed by atoms with Crippen LogP contribution in [0, 0.1) is 0 Å². The van der Waals surface area contributed by atoms with Crippen molar-refractivity contribution in [2.45, 2.75) is 31.1 Å². The van der Waals surface area contributed by atoms with Gasteiger partial charge in [-0.25, -0.2) is 0 Å². The van der Waals surface area contributed by atoms with Crippen LogP contribution in [0.1, 0.15) is 12.8 Å². The molecule has 6 heteroatoms. The summed E-state index contributed by atoms with van der Waals surface area (Å²) in [4.78, 5) is 0. The minimum Gasteiger partial charge on any atom is -0.488 e. The third-order valence-corrected chi connectivity index (χ3v) is 4.00. The molecule has 1 fully saturated rings. The van der Waals surface area contributed by atoms with Crippen LogP contribution in [0.3, 0.4) is 0 Å². The zero-order valence-electron chi connectivity index (χ0n) is 11.3. The Bertz CT molecular complexity index is 418. The van der Waals surface area contributed by atoms with Gasteiger partial charge >= 0.3 is 0 Å². The van der Waals surface area contributed by atoms with Crippen molar-refractivity contribution in [3.63, 3.8) is 0 Å². The summed E-state index contributed by atoms with van der Waals surface area (Å²) in [7, 11) is 1.72. The molecule has 2 N–H and O–H groups in total. The molecule has 0 saturated heterocycles. The van der Waals surface area contributed by atoms with Crippen LogP contribution in [0.5, 0.6) is 5.75 Å². The maximum atomic E-state index is 9.88. The van der Waals surface area contributed by atoms with Crippen molar-refractivity contribution in [3.8, 4) is 5.75 Å². The van der Waals surface area contributed by atoms with Gasteiger partial charge in [0.2, 0.25) is 0 Å². The van der Waals surface area contributed by atoms with Crippen LogP contribution < -0.4 is 10.1 Å². The topological polar surface area (TPSA) is 50.7 Å². The molecule has 1 aromatic carbocycles. The fraction of sp³-hybridized carbons (Fsp3) is 0.571. The molecule has 0 heterocycles. The number of aliphatic hydroxyl groups excluding tert-OH is 1. The van der Waals surface area contributed by atoms with Gasteiger partial charge in [-0.2, -0.15) is 0 Å². The van der Waals surface area contributed by atoms with Gasteiger partial charge in [0.15, 0.2) is 5.75 Å². The summed E-state index contributed by atoms with van der Waals surface area (Å²) in [6.45, 7) is 0.625. The van der Waals surface area contributed by atoms with Gasteiger partial charge in [0.1, 0.15) is 12.7 Å². The average Bonchev–Trinajstić information content (AvgIpc) is 2.36. The zero-order valence-corrected chi connectivity index (χ0v) is 12.8. The van der Waals surface area contributed by atoms with Crippen molar-refractivity contribution in [3.05, 3.63) is 28.2 Å². The van der Waals surface area contributed by atoms with Gasteiger partial charge in [-0.1, -0.05) is 29.3 Å². The molecule has 20 heavy (non-hydrogen) atoms. The molecule has 1 unspecified atom stereocenters. The molecule has 0 radical (unpaired) electrons. The Morgan fingerprint density at radius 2 is 2.00 bits per heavy atom. The van der Waals surface area contributed by atoms with Gasteiger partial charge in [0, 0.05) is 19.7 Å². The van der Waals surface area contributed by atoms with Crippen molar-refractivity contribution in [2.24, 2.45) is 0 Å². The summed E-state index contributed by atoms with van der Waals surface area (Å²) < 4.78 is 10.7. The van der Waals surface area contributed by atoms with Gasteiger partial charge in [0.05, 0.1) is 16.1 Å². The predicted molar refractivity (Wildman–Crippen MR) is 79.8 cm³/mol. The Hall–Kier alpha value is -0.520. The molecule has 1 aliphatic carbocycles. The highest BCUT2D eigenvalue weighted by atomic mass is 35.5. The second kappa shape index (κ2) is 7.48. The lowest BCUT2D eigenvalue weighted by molar-refractivity contribution is 0.0117. The number of methoxy groups -OCH3 is 1. The first kappa shape index (κ1) is 15.9. The van der Waals surface area contributed by atoms with E-state index in [1.54, 1.807) is 25.3 Å². The van der Waals surface area contributed by atoms with E-state index in [1.165, 1.54) is 0 Å². The second-order valence-electron chi connectivity index (χ2n) is 4.95. The normalized spacial score (nSPS) is 23.2. The van der Waals surface area contributed by atoms with E-state index in [1.807, 2.05) is 0 Å². The first-order valence-electron chi connectivity index (χ1n) is 6.61. The highest BCUT2D eigenvalue weighted by Crippen LogP contribution is 2.32. The fourth-order valence-electron chi connectivity index (χ4n) is 2.09. The maximum Gasteiger partial charge on any atom is 0.156 e. The number of aliphatic hydroxyl groups is 1. The molecule has 0 spiro atoms. The third kappa shape index (κ3) is 4.24. The van der Waals surface area contributed by atoms with Gasteiger partial charge in [-0.15, -0.1) is 0 Å². The largest absolute Gasteiger partial charge is 0.488 e. The summed E-state index contributed by atoms with van der Waals surface area (Å²) in [6.07, 6.45) is 1.72. The molecule has 1 aromatic rings. The van der Waals surface area contributed by atoms with Crippen molar-refractivity contribution in [2.75, 3.05) is 20.3 Å². The fourth-order valence-corrected chi connectivity index (χ4v) is 2.59. The predicted octanol–water partition coefficient (Wildman–Crippen LogP) is 2.50. The molecular formula is C14H19Cl2NO3. The number of halogens is 2. The van der Waals surface area contributed by atoms with E-state index < -0.39 is 6.10 Å². The number of hydrogen-bond donors (Lipinski definition) is 2. The smallest absolute Gasteiger partial charge is 0.156 e. The Kier molecular flexibility index (Phi) is 5.93. The summed E-state index contributed by atoms with van der Waals surface area (Å²) in [5, 5.41) is 14.0. The average molecular weight is 320 g/mol. The highest BCUT2D eigenvalue weighted by Gasteiger charge is 2.28. The Morgan fingerprint density at radius 3 is 2.60 bits per heavy atom. The Morgan fingerprint density at radius 1 is 1.35 bits per heavy atom. The van der Waals surface area contributed by atoms with E-state index >= 15 is 0 Å². The van der Waals surface area contributed by atoms with Gasteiger partial charge in [-0.3, -0.25) is 0 Å². The van der Waals surface area contributed by atoms with Crippen LogP contribution in [-0.4, -0.2) is 43.6 Å². The minimum absolute atomic E-state index is 0.150. The van der Waals surface area contributed by atoms with E-state index in [9.17, 15) is 5.11 Å². The van der Waals surface area contributed by atoms with Crippen molar-refractivity contribution in [1.82, 2.24) is 5.32 Å². The number of rotatable bonds is 7. The second-order valence-corrected chi connectivity index (χ2v) is 5.76. The van der Waals surface area contributed by atoms with E-state index in [0.29, 0.717) is 34.5 Å². The van der Waals surface area contributed by atoms with Gasteiger partial charge in [-0.05, 0) is 25.0 Å². The first-order chi connectivity index (χ1) is 9.60. The number of ether oxygens (including phenoxy) is 2. The monoisotopic (exact) mass is 319 g/mol.